The summed E-state index contributed by atoms with van der Waals surface area (Å²) < 4.78 is 5.23. The van der Waals surface area contributed by atoms with Crippen molar-refractivity contribution in [2.75, 3.05) is 4.90 Å². The fraction of sp³-hybridized carbons (Fsp3) is 0. The summed E-state index contributed by atoms with van der Waals surface area (Å²) >= 11 is 3.76. The van der Waals surface area contributed by atoms with Crippen molar-refractivity contribution >= 4 is 90.9 Å². The lowest BCUT2D eigenvalue weighted by Crippen LogP contribution is -2.10. The van der Waals surface area contributed by atoms with Gasteiger partial charge in [0.1, 0.15) is 0 Å². The topological polar surface area (TPSA) is 3.24 Å². The van der Waals surface area contributed by atoms with Crippen molar-refractivity contribution in [1.82, 2.24) is 0 Å². The third kappa shape index (κ3) is 4.66. The van der Waals surface area contributed by atoms with Gasteiger partial charge in [-0.25, -0.2) is 0 Å². The van der Waals surface area contributed by atoms with Gasteiger partial charge >= 0.3 is 0 Å². The number of thiophene rings is 2. The third-order valence-electron chi connectivity index (χ3n) is 9.69. The van der Waals surface area contributed by atoms with Crippen molar-refractivity contribution in [1.29, 1.82) is 0 Å². The van der Waals surface area contributed by atoms with Gasteiger partial charge in [0.25, 0.3) is 0 Å². The van der Waals surface area contributed by atoms with Crippen LogP contribution in [0.2, 0.25) is 0 Å². The molecule has 0 saturated heterocycles. The van der Waals surface area contributed by atoms with Gasteiger partial charge < -0.3 is 4.90 Å². The van der Waals surface area contributed by atoms with Crippen LogP contribution in [0.15, 0.2) is 176 Å². The van der Waals surface area contributed by atoms with Crippen LogP contribution in [0, 0.1) is 0 Å². The van der Waals surface area contributed by atoms with E-state index in [2.05, 4.69) is 181 Å². The molecule has 8 aromatic carbocycles. The van der Waals surface area contributed by atoms with Gasteiger partial charge in [0.05, 0.1) is 20.8 Å². The van der Waals surface area contributed by atoms with Gasteiger partial charge in [0.15, 0.2) is 0 Å². The first-order valence-corrected chi connectivity index (χ1v) is 18.2. The van der Waals surface area contributed by atoms with E-state index in [4.69, 9.17) is 0 Å². The molecule has 1 nitrogen and oxygen atoms in total. The Labute approximate surface area is 292 Å². The molecule has 2 heterocycles. The largest absolute Gasteiger partial charge is 0.308 e. The Balaban J connectivity index is 1.11. The molecule has 0 atom stereocenters. The van der Waals surface area contributed by atoms with Crippen molar-refractivity contribution in [3.63, 3.8) is 0 Å². The predicted octanol–water partition coefficient (Wildman–Crippen LogP) is 14.4. The van der Waals surface area contributed by atoms with Gasteiger partial charge in [-0.3, -0.25) is 0 Å². The predicted molar refractivity (Wildman–Crippen MR) is 215 cm³/mol. The second-order valence-corrected chi connectivity index (χ2v) is 14.6. The average Bonchev–Trinajstić information content (AvgIpc) is 3.75. The minimum Gasteiger partial charge on any atom is -0.308 e. The highest BCUT2D eigenvalue weighted by Crippen LogP contribution is 2.48. The Bertz CT molecular complexity index is 2700. The van der Waals surface area contributed by atoms with E-state index in [1.165, 1.54) is 84.7 Å². The zero-order valence-corrected chi connectivity index (χ0v) is 28.1. The highest BCUT2D eigenvalue weighted by molar-refractivity contribution is 7.27. The molecule has 0 spiro atoms. The molecule has 230 valence electrons. The van der Waals surface area contributed by atoms with E-state index in [1.807, 2.05) is 22.7 Å². The maximum Gasteiger partial charge on any atom is 0.0640 e. The number of rotatable bonds is 5. The van der Waals surface area contributed by atoms with Gasteiger partial charge in [0.2, 0.25) is 0 Å². The van der Waals surface area contributed by atoms with Crippen LogP contribution in [0.5, 0.6) is 0 Å². The molecule has 0 amide bonds. The number of fused-ring (bicyclic) bond motifs is 7. The first-order valence-electron chi connectivity index (χ1n) is 16.6. The summed E-state index contributed by atoms with van der Waals surface area (Å²) in [7, 11) is 0. The van der Waals surface area contributed by atoms with E-state index >= 15 is 0 Å². The van der Waals surface area contributed by atoms with Crippen LogP contribution >= 0.6 is 22.7 Å². The maximum absolute atomic E-state index is 2.48. The van der Waals surface area contributed by atoms with E-state index in [0.717, 1.165) is 5.69 Å². The summed E-state index contributed by atoms with van der Waals surface area (Å²) in [6, 6.07) is 64.3. The van der Waals surface area contributed by atoms with Crippen molar-refractivity contribution in [3.8, 4) is 22.3 Å². The minimum absolute atomic E-state index is 1.14. The number of nitrogens with zero attached hydrogens (tertiary/aromatic N) is 1. The molecule has 10 rings (SSSR count). The molecule has 3 heteroatoms. The lowest BCUT2D eigenvalue weighted by Gasteiger charge is -2.27. The Morgan fingerprint density at radius 1 is 0.327 bits per heavy atom. The highest BCUT2D eigenvalue weighted by Gasteiger charge is 2.21. The summed E-state index contributed by atoms with van der Waals surface area (Å²) in [4.78, 5) is 2.48. The van der Waals surface area contributed by atoms with Crippen molar-refractivity contribution < 1.29 is 0 Å². The smallest absolute Gasteiger partial charge is 0.0640 e. The van der Waals surface area contributed by atoms with Crippen LogP contribution in [-0.2, 0) is 0 Å². The lowest BCUT2D eigenvalue weighted by molar-refractivity contribution is 1.32. The number of hydrogen-bond acceptors (Lipinski definition) is 3. The van der Waals surface area contributed by atoms with E-state index in [1.54, 1.807) is 0 Å². The van der Waals surface area contributed by atoms with Crippen LogP contribution in [-0.4, -0.2) is 0 Å². The Hall–Kier alpha value is -5.74. The number of benzene rings is 8. The maximum atomic E-state index is 2.48. The zero-order chi connectivity index (χ0) is 32.3. The number of anilines is 3. The normalized spacial score (nSPS) is 11.7. The third-order valence-corrected chi connectivity index (χ3v) is 12.1. The molecule has 49 heavy (non-hydrogen) atoms. The van der Waals surface area contributed by atoms with Crippen LogP contribution < -0.4 is 4.90 Å². The fourth-order valence-corrected chi connectivity index (χ4v) is 9.76. The van der Waals surface area contributed by atoms with Gasteiger partial charge in [-0.15, -0.1) is 22.7 Å². The standard InChI is InChI=1S/C46H29NS2/c1-2-12-35-32(10-1)11-7-15-36(35)33-24-22-30(23-25-33)31-26-28-34(29-27-31)47(41-18-8-16-39-37-13-3-5-20-43(37)48-45(39)41)42-19-9-17-40-38-14-4-6-21-44(38)49-46(40)42/h1-29H. The molecule has 10 aromatic rings. The summed E-state index contributed by atoms with van der Waals surface area (Å²) in [5, 5.41) is 7.77. The first kappa shape index (κ1) is 28.3. The zero-order valence-electron chi connectivity index (χ0n) is 26.5. The van der Waals surface area contributed by atoms with Crippen LogP contribution in [0.4, 0.5) is 17.1 Å². The number of hydrogen-bond donors (Lipinski definition) is 0. The fourth-order valence-electron chi connectivity index (χ4n) is 7.35. The molecule has 2 aromatic heterocycles. The van der Waals surface area contributed by atoms with Crippen LogP contribution in [0.3, 0.4) is 0 Å². The minimum atomic E-state index is 1.14. The quantitative estimate of drug-likeness (QED) is 0.178. The molecule has 0 aliphatic carbocycles. The van der Waals surface area contributed by atoms with Crippen molar-refractivity contribution in [2.24, 2.45) is 0 Å². The Morgan fingerprint density at radius 2 is 0.776 bits per heavy atom. The van der Waals surface area contributed by atoms with Crippen molar-refractivity contribution in [3.05, 3.63) is 176 Å². The van der Waals surface area contributed by atoms with Crippen molar-refractivity contribution in [2.45, 2.75) is 0 Å². The summed E-state index contributed by atoms with van der Waals surface area (Å²) in [5.41, 5.74) is 8.46. The van der Waals surface area contributed by atoms with E-state index < -0.39 is 0 Å². The average molecular weight is 660 g/mol. The molecular weight excluding hydrogens is 631 g/mol. The van der Waals surface area contributed by atoms with Crippen LogP contribution in [0.25, 0.3) is 73.4 Å². The van der Waals surface area contributed by atoms with Gasteiger partial charge in [-0.05, 0) is 69.4 Å². The van der Waals surface area contributed by atoms with Crippen LogP contribution in [0.1, 0.15) is 0 Å². The van der Waals surface area contributed by atoms with Gasteiger partial charge in [-0.1, -0.05) is 140 Å². The van der Waals surface area contributed by atoms with E-state index in [-0.39, 0.29) is 0 Å². The molecule has 0 aliphatic heterocycles. The molecule has 0 aliphatic rings. The summed E-state index contributed by atoms with van der Waals surface area (Å²) in [6.45, 7) is 0. The van der Waals surface area contributed by atoms with Gasteiger partial charge in [0, 0.05) is 36.6 Å². The highest BCUT2D eigenvalue weighted by atomic mass is 32.1. The second-order valence-electron chi connectivity index (χ2n) is 12.5. The monoisotopic (exact) mass is 659 g/mol. The Kier molecular flexibility index (Phi) is 6.61. The SMILES string of the molecule is c1ccc2c(-c3ccc(-c4ccc(N(c5cccc6c5sc5ccccc56)c5cccc6c5sc5ccccc56)cc4)cc3)cccc2c1. The molecule has 0 radical (unpaired) electrons. The molecule has 0 saturated carbocycles. The summed E-state index contributed by atoms with van der Waals surface area (Å²) in [6.07, 6.45) is 0. The first-order chi connectivity index (χ1) is 24.3. The molecule has 0 N–H and O–H groups in total. The molecule has 0 fully saturated rings. The molecule has 0 unspecified atom stereocenters. The summed E-state index contributed by atoms with van der Waals surface area (Å²) in [5.74, 6) is 0. The van der Waals surface area contributed by atoms with E-state index in [9.17, 15) is 0 Å². The van der Waals surface area contributed by atoms with E-state index in [0.29, 0.717) is 0 Å². The second kappa shape index (κ2) is 11.5. The van der Waals surface area contributed by atoms with Gasteiger partial charge in [-0.2, -0.15) is 0 Å². The molecule has 0 bridgehead atoms. The molecular formula is C46H29NS2. The lowest BCUT2D eigenvalue weighted by atomic mass is 9.96. The Morgan fingerprint density at radius 3 is 1.39 bits per heavy atom.